The van der Waals surface area contributed by atoms with E-state index in [4.69, 9.17) is 4.55 Å². The standard InChI is InChI=1S/C13H28O4S/c1-3-9-13(14)11-8-6-4-5-7-10-12(2)18(15,16)17/h12-14H,3-11H2,1-2H3,(H,15,16,17). The third kappa shape index (κ3) is 9.85. The van der Waals surface area contributed by atoms with E-state index in [0.29, 0.717) is 6.42 Å². The van der Waals surface area contributed by atoms with Gasteiger partial charge in [0.2, 0.25) is 0 Å². The zero-order valence-electron chi connectivity index (χ0n) is 11.6. The van der Waals surface area contributed by atoms with Crippen LogP contribution in [0, 0.1) is 0 Å². The van der Waals surface area contributed by atoms with Gasteiger partial charge in [-0.15, -0.1) is 0 Å². The predicted molar refractivity (Wildman–Crippen MR) is 74.2 cm³/mol. The predicted octanol–water partition coefficient (Wildman–Crippen LogP) is 3.15. The molecule has 0 spiro atoms. The maximum Gasteiger partial charge on any atom is 0.267 e. The first-order valence-corrected chi connectivity index (χ1v) is 8.52. The lowest BCUT2D eigenvalue weighted by atomic mass is 10.0. The Hall–Kier alpha value is -0.130. The van der Waals surface area contributed by atoms with Gasteiger partial charge in [0.1, 0.15) is 0 Å². The number of aliphatic hydroxyl groups is 1. The van der Waals surface area contributed by atoms with Crippen molar-refractivity contribution in [3.05, 3.63) is 0 Å². The third-order valence-electron chi connectivity index (χ3n) is 3.28. The quantitative estimate of drug-likeness (QED) is 0.450. The van der Waals surface area contributed by atoms with Gasteiger partial charge in [-0.1, -0.05) is 45.4 Å². The van der Waals surface area contributed by atoms with E-state index in [0.717, 1.165) is 51.4 Å². The van der Waals surface area contributed by atoms with Crippen molar-refractivity contribution >= 4 is 10.1 Å². The zero-order valence-corrected chi connectivity index (χ0v) is 12.5. The van der Waals surface area contributed by atoms with Gasteiger partial charge in [-0.05, 0) is 26.2 Å². The summed E-state index contributed by atoms with van der Waals surface area (Å²) in [5.74, 6) is 0. The maximum absolute atomic E-state index is 10.8. The van der Waals surface area contributed by atoms with Crippen molar-refractivity contribution in [2.45, 2.75) is 83.0 Å². The summed E-state index contributed by atoms with van der Waals surface area (Å²) in [5, 5.41) is 8.87. The molecule has 0 aliphatic rings. The van der Waals surface area contributed by atoms with E-state index in [2.05, 4.69) is 6.92 Å². The highest BCUT2D eigenvalue weighted by Crippen LogP contribution is 2.13. The van der Waals surface area contributed by atoms with Crippen LogP contribution in [-0.2, 0) is 10.1 Å². The molecule has 2 atom stereocenters. The van der Waals surface area contributed by atoms with Crippen molar-refractivity contribution in [2.24, 2.45) is 0 Å². The molecule has 0 radical (unpaired) electrons. The Morgan fingerprint density at radius 2 is 1.44 bits per heavy atom. The highest BCUT2D eigenvalue weighted by molar-refractivity contribution is 7.86. The average Bonchev–Trinajstić information content (AvgIpc) is 2.26. The van der Waals surface area contributed by atoms with Gasteiger partial charge in [0.15, 0.2) is 0 Å². The van der Waals surface area contributed by atoms with E-state index in [1.807, 2.05) is 0 Å². The third-order valence-corrected chi connectivity index (χ3v) is 4.53. The lowest BCUT2D eigenvalue weighted by Crippen LogP contribution is -2.16. The van der Waals surface area contributed by atoms with E-state index in [1.54, 1.807) is 0 Å². The highest BCUT2D eigenvalue weighted by atomic mass is 32.2. The fourth-order valence-corrected chi connectivity index (χ4v) is 2.43. The van der Waals surface area contributed by atoms with E-state index in [9.17, 15) is 13.5 Å². The summed E-state index contributed by atoms with van der Waals surface area (Å²) in [6.07, 6.45) is 8.15. The molecule has 2 N–H and O–H groups in total. The first-order valence-electron chi connectivity index (χ1n) is 7.02. The Bertz CT molecular complexity index is 287. The fourth-order valence-electron chi connectivity index (χ4n) is 1.97. The van der Waals surface area contributed by atoms with Crippen molar-refractivity contribution in [1.82, 2.24) is 0 Å². The van der Waals surface area contributed by atoms with E-state index < -0.39 is 15.4 Å². The molecule has 0 rings (SSSR count). The van der Waals surface area contributed by atoms with Crippen LogP contribution in [0.2, 0.25) is 0 Å². The Morgan fingerprint density at radius 3 is 1.94 bits per heavy atom. The number of hydrogen-bond acceptors (Lipinski definition) is 3. The average molecular weight is 280 g/mol. The molecule has 0 heterocycles. The highest BCUT2D eigenvalue weighted by Gasteiger charge is 2.15. The molecule has 0 aliphatic heterocycles. The molecule has 0 saturated heterocycles. The van der Waals surface area contributed by atoms with Gasteiger partial charge in [0.25, 0.3) is 10.1 Å². The normalized spacial score (nSPS) is 15.6. The van der Waals surface area contributed by atoms with E-state index >= 15 is 0 Å². The van der Waals surface area contributed by atoms with Crippen LogP contribution < -0.4 is 0 Å². The number of hydrogen-bond donors (Lipinski definition) is 2. The van der Waals surface area contributed by atoms with Crippen LogP contribution in [-0.4, -0.2) is 29.4 Å². The minimum Gasteiger partial charge on any atom is -0.393 e. The molecule has 0 aromatic carbocycles. The van der Waals surface area contributed by atoms with Crippen LogP contribution in [0.1, 0.15) is 71.6 Å². The molecule has 18 heavy (non-hydrogen) atoms. The number of rotatable bonds is 11. The lowest BCUT2D eigenvalue weighted by molar-refractivity contribution is 0.150. The second kappa shape index (κ2) is 9.75. The van der Waals surface area contributed by atoms with Gasteiger partial charge in [-0.2, -0.15) is 8.42 Å². The fraction of sp³-hybridized carbons (Fsp3) is 1.00. The monoisotopic (exact) mass is 280 g/mol. The first kappa shape index (κ1) is 17.9. The molecule has 0 aromatic heterocycles. The Kier molecular flexibility index (Phi) is 9.68. The van der Waals surface area contributed by atoms with Gasteiger partial charge >= 0.3 is 0 Å². The van der Waals surface area contributed by atoms with E-state index in [1.165, 1.54) is 6.92 Å². The van der Waals surface area contributed by atoms with Crippen molar-refractivity contribution in [1.29, 1.82) is 0 Å². The van der Waals surface area contributed by atoms with Crippen LogP contribution in [0.4, 0.5) is 0 Å². The maximum atomic E-state index is 10.8. The molecule has 4 nitrogen and oxygen atoms in total. The summed E-state index contributed by atoms with van der Waals surface area (Å²) in [7, 11) is -3.85. The van der Waals surface area contributed by atoms with Crippen molar-refractivity contribution in [3.63, 3.8) is 0 Å². The molecule has 0 amide bonds. The van der Waals surface area contributed by atoms with Gasteiger partial charge < -0.3 is 5.11 Å². The van der Waals surface area contributed by atoms with Crippen LogP contribution >= 0.6 is 0 Å². The SMILES string of the molecule is CCCC(O)CCCCCCCC(C)S(=O)(=O)O. The summed E-state index contributed by atoms with van der Waals surface area (Å²) in [4.78, 5) is 0. The summed E-state index contributed by atoms with van der Waals surface area (Å²) in [5.41, 5.74) is 0. The van der Waals surface area contributed by atoms with E-state index in [-0.39, 0.29) is 6.10 Å². The van der Waals surface area contributed by atoms with Crippen LogP contribution in [0.25, 0.3) is 0 Å². The first-order chi connectivity index (χ1) is 8.38. The minimum absolute atomic E-state index is 0.158. The lowest BCUT2D eigenvalue weighted by Gasteiger charge is -2.09. The van der Waals surface area contributed by atoms with Crippen molar-refractivity contribution in [2.75, 3.05) is 0 Å². The molecule has 0 bridgehead atoms. The summed E-state index contributed by atoms with van der Waals surface area (Å²) >= 11 is 0. The second-order valence-corrected chi connectivity index (χ2v) is 6.95. The molecule has 110 valence electrons. The Balaban J connectivity index is 3.37. The van der Waals surface area contributed by atoms with Gasteiger partial charge in [-0.25, -0.2) is 0 Å². The molecular formula is C13H28O4S. The van der Waals surface area contributed by atoms with Crippen molar-refractivity contribution in [3.8, 4) is 0 Å². The zero-order chi connectivity index (χ0) is 14.0. The van der Waals surface area contributed by atoms with Gasteiger partial charge in [0, 0.05) is 0 Å². The minimum atomic E-state index is -3.85. The van der Waals surface area contributed by atoms with Gasteiger partial charge in [0.05, 0.1) is 11.4 Å². The summed E-state index contributed by atoms with van der Waals surface area (Å²) in [6, 6.07) is 0. The summed E-state index contributed by atoms with van der Waals surface area (Å²) < 4.78 is 30.3. The largest absolute Gasteiger partial charge is 0.393 e. The van der Waals surface area contributed by atoms with Crippen LogP contribution in [0.15, 0.2) is 0 Å². The molecular weight excluding hydrogens is 252 g/mol. The Labute approximate surface area is 112 Å². The molecule has 0 aliphatic carbocycles. The topological polar surface area (TPSA) is 74.6 Å². The molecule has 0 aromatic rings. The molecule has 2 unspecified atom stereocenters. The molecule has 5 heteroatoms. The van der Waals surface area contributed by atoms with Gasteiger partial charge in [-0.3, -0.25) is 4.55 Å². The number of aliphatic hydroxyl groups excluding tert-OH is 1. The number of unbranched alkanes of at least 4 members (excludes halogenated alkanes) is 4. The molecule has 0 saturated carbocycles. The van der Waals surface area contributed by atoms with Crippen molar-refractivity contribution < 1.29 is 18.1 Å². The Morgan fingerprint density at radius 1 is 0.944 bits per heavy atom. The second-order valence-electron chi connectivity index (χ2n) is 5.11. The summed E-state index contributed by atoms with van der Waals surface area (Å²) in [6.45, 7) is 3.61. The van der Waals surface area contributed by atoms with Crippen LogP contribution in [0.5, 0.6) is 0 Å². The van der Waals surface area contributed by atoms with Crippen LogP contribution in [0.3, 0.4) is 0 Å². The smallest absolute Gasteiger partial charge is 0.267 e. The molecule has 0 fully saturated rings.